The fourth-order valence-corrected chi connectivity index (χ4v) is 2.57. The highest BCUT2D eigenvalue weighted by Gasteiger charge is 2.31. The van der Waals surface area contributed by atoms with Crippen molar-refractivity contribution in [3.05, 3.63) is 31.2 Å². The largest absolute Gasteiger partial charge is 0.459 e. The van der Waals surface area contributed by atoms with Gasteiger partial charge in [-0.3, -0.25) is 0 Å². The molecule has 0 radical (unpaired) electrons. The first kappa shape index (κ1) is 19.4. The van der Waals surface area contributed by atoms with E-state index >= 15 is 0 Å². The van der Waals surface area contributed by atoms with Gasteiger partial charge < -0.3 is 9.47 Å². The van der Waals surface area contributed by atoms with Gasteiger partial charge in [-0.1, -0.05) is 46.4 Å². The molecule has 1 aromatic rings. The maximum absolute atomic E-state index is 12.2. The number of halogens is 4. The van der Waals surface area contributed by atoms with Gasteiger partial charge in [0.15, 0.2) is 0 Å². The van der Waals surface area contributed by atoms with Gasteiger partial charge in [-0.2, -0.15) is 0 Å². The van der Waals surface area contributed by atoms with Gasteiger partial charge in [-0.25, -0.2) is 9.59 Å². The fraction of sp³-hybridized carbons (Fsp3) is 0.429. The van der Waals surface area contributed by atoms with Crippen LogP contribution in [0.15, 0.2) is 0 Å². The van der Waals surface area contributed by atoms with E-state index in [0.717, 1.165) is 0 Å². The summed E-state index contributed by atoms with van der Waals surface area (Å²) in [7, 11) is 0. The molecule has 122 valence electrons. The molecule has 0 spiro atoms. The molecule has 0 aliphatic rings. The van der Waals surface area contributed by atoms with Crippen molar-refractivity contribution in [2.24, 2.45) is 0 Å². The Bertz CT molecular complexity index is 559. The summed E-state index contributed by atoms with van der Waals surface area (Å²) in [6, 6.07) is 0. The van der Waals surface area contributed by atoms with E-state index in [4.69, 9.17) is 55.9 Å². The van der Waals surface area contributed by atoms with Gasteiger partial charge >= 0.3 is 11.9 Å². The maximum Gasteiger partial charge on any atom is 0.340 e. The standard InChI is InChI=1S/C14H14Cl4O4/c1-5(2)21-13(19)7-8(14(20)22-6(3)4)10(16)12(18)11(17)9(7)15/h5-6H,1-4H3. The molecule has 0 saturated heterocycles. The van der Waals surface area contributed by atoms with Crippen LogP contribution in [0.1, 0.15) is 48.4 Å². The Hall–Kier alpha value is -0.680. The van der Waals surface area contributed by atoms with Crippen LogP contribution in [0, 0.1) is 0 Å². The van der Waals surface area contributed by atoms with E-state index in [2.05, 4.69) is 0 Å². The molecule has 1 aromatic carbocycles. The Morgan fingerprint density at radius 3 is 1.18 bits per heavy atom. The summed E-state index contributed by atoms with van der Waals surface area (Å²) in [4.78, 5) is 24.5. The molecule has 0 amide bonds. The Kier molecular flexibility index (Phi) is 6.81. The summed E-state index contributed by atoms with van der Waals surface area (Å²) in [6.45, 7) is 6.60. The highest BCUT2D eigenvalue weighted by Crippen LogP contribution is 2.42. The van der Waals surface area contributed by atoms with E-state index in [1.165, 1.54) is 0 Å². The van der Waals surface area contributed by atoms with Crippen molar-refractivity contribution in [3.63, 3.8) is 0 Å². The van der Waals surface area contributed by atoms with Crippen LogP contribution < -0.4 is 0 Å². The third-order valence-corrected chi connectivity index (χ3v) is 4.16. The lowest BCUT2D eigenvalue weighted by Gasteiger charge is -2.17. The van der Waals surface area contributed by atoms with Crippen LogP contribution >= 0.6 is 46.4 Å². The SMILES string of the molecule is CC(C)OC(=O)c1c(Cl)c(Cl)c(Cl)c(Cl)c1C(=O)OC(C)C. The van der Waals surface area contributed by atoms with Gasteiger partial charge in [0, 0.05) is 0 Å². The molecule has 4 nitrogen and oxygen atoms in total. The number of benzene rings is 1. The van der Waals surface area contributed by atoms with Gasteiger partial charge in [-0.15, -0.1) is 0 Å². The Balaban J connectivity index is 3.58. The van der Waals surface area contributed by atoms with Gasteiger partial charge in [0.25, 0.3) is 0 Å². The van der Waals surface area contributed by atoms with E-state index in [9.17, 15) is 9.59 Å². The smallest absolute Gasteiger partial charge is 0.340 e. The Morgan fingerprint density at radius 1 is 0.682 bits per heavy atom. The molecule has 0 saturated carbocycles. The predicted molar refractivity (Wildman–Crippen MR) is 87.6 cm³/mol. The predicted octanol–water partition coefficient (Wildman–Crippen LogP) is 5.43. The van der Waals surface area contributed by atoms with Crippen molar-refractivity contribution in [2.45, 2.75) is 39.9 Å². The molecule has 0 aromatic heterocycles. The van der Waals surface area contributed by atoms with E-state index in [-0.39, 0.29) is 31.2 Å². The van der Waals surface area contributed by atoms with Crippen molar-refractivity contribution in [1.82, 2.24) is 0 Å². The van der Waals surface area contributed by atoms with E-state index in [1.807, 2.05) is 0 Å². The van der Waals surface area contributed by atoms with Gasteiger partial charge in [0.2, 0.25) is 0 Å². The minimum Gasteiger partial charge on any atom is -0.459 e. The minimum absolute atomic E-state index is 0.134. The van der Waals surface area contributed by atoms with Crippen LogP contribution in [0.3, 0.4) is 0 Å². The molecule has 0 heterocycles. The molecule has 0 atom stereocenters. The first-order chi connectivity index (χ1) is 10.1. The fourth-order valence-electron chi connectivity index (χ4n) is 1.56. The molecular weight excluding hydrogens is 374 g/mol. The van der Waals surface area contributed by atoms with Crippen LogP contribution in [-0.4, -0.2) is 24.1 Å². The number of carbonyl (C=O) groups excluding carboxylic acids is 2. The van der Waals surface area contributed by atoms with Crippen molar-refractivity contribution in [1.29, 1.82) is 0 Å². The number of rotatable bonds is 4. The summed E-state index contributed by atoms with van der Waals surface area (Å²) in [5.74, 6) is -1.67. The lowest BCUT2D eigenvalue weighted by molar-refractivity contribution is 0.0328. The second-order valence-electron chi connectivity index (χ2n) is 4.91. The lowest BCUT2D eigenvalue weighted by atomic mass is 10.1. The summed E-state index contributed by atoms with van der Waals surface area (Å²) in [5.41, 5.74) is -0.527. The molecule has 0 fully saturated rings. The van der Waals surface area contributed by atoms with Crippen molar-refractivity contribution in [3.8, 4) is 0 Å². The molecule has 0 N–H and O–H groups in total. The lowest BCUT2D eigenvalue weighted by Crippen LogP contribution is -2.20. The number of esters is 2. The van der Waals surface area contributed by atoms with Gasteiger partial charge in [0.05, 0.1) is 43.4 Å². The van der Waals surface area contributed by atoms with Crippen molar-refractivity contribution in [2.75, 3.05) is 0 Å². The average Bonchev–Trinajstić information content (AvgIpc) is 2.38. The first-order valence-electron chi connectivity index (χ1n) is 6.35. The Morgan fingerprint density at radius 2 is 0.955 bits per heavy atom. The summed E-state index contributed by atoms with van der Waals surface area (Å²) in [6.07, 6.45) is -0.850. The maximum atomic E-state index is 12.2. The summed E-state index contributed by atoms with van der Waals surface area (Å²) < 4.78 is 10.1. The topological polar surface area (TPSA) is 52.6 Å². The zero-order valence-electron chi connectivity index (χ0n) is 12.3. The molecule has 0 aliphatic heterocycles. The van der Waals surface area contributed by atoms with Crippen LogP contribution in [0.5, 0.6) is 0 Å². The van der Waals surface area contributed by atoms with Crippen molar-refractivity contribution >= 4 is 58.3 Å². The highest BCUT2D eigenvalue weighted by atomic mass is 35.5. The van der Waals surface area contributed by atoms with Crippen LogP contribution in [-0.2, 0) is 9.47 Å². The van der Waals surface area contributed by atoms with Gasteiger partial charge in [0.1, 0.15) is 0 Å². The number of hydrogen-bond acceptors (Lipinski definition) is 4. The van der Waals surface area contributed by atoms with E-state index < -0.39 is 24.1 Å². The molecule has 1 rings (SSSR count). The monoisotopic (exact) mass is 386 g/mol. The molecular formula is C14H14Cl4O4. The number of ether oxygens (including phenoxy) is 2. The Labute approximate surface area is 148 Å². The summed E-state index contributed by atoms with van der Waals surface area (Å²) in [5, 5.41) is -0.690. The molecule has 8 heteroatoms. The van der Waals surface area contributed by atoms with Crippen LogP contribution in [0.2, 0.25) is 20.1 Å². The highest BCUT2D eigenvalue weighted by molar-refractivity contribution is 6.54. The first-order valence-corrected chi connectivity index (χ1v) is 7.87. The number of hydrogen-bond donors (Lipinski definition) is 0. The third-order valence-electron chi connectivity index (χ3n) is 2.36. The van der Waals surface area contributed by atoms with E-state index in [1.54, 1.807) is 27.7 Å². The zero-order valence-corrected chi connectivity index (χ0v) is 15.3. The second-order valence-corrected chi connectivity index (χ2v) is 6.43. The molecule has 22 heavy (non-hydrogen) atoms. The summed E-state index contributed by atoms with van der Waals surface area (Å²) >= 11 is 24.0. The minimum atomic E-state index is -0.837. The van der Waals surface area contributed by atoms with E-state index in [0.29, 0.717) is 0 Å². The molecule has 0 bridgehead atoms. The zero-order chi connectivity index (χ0) is 17.2. The third kappa shape index (κ3) is 4.19. The van der Waals surface area contributed by atoms with Crippen LogP contribution in [0.4, 0.5) is 0 Å². The van der Waals surface area contributed by atoms with Gasteiger partial charge in [-0.05, 0) is 27.7 Å². The number of carbonyl (C=O) groups is 2. The normalized spacial score (nSPS) is 11.0. The quantitative estimate of drug-likeness (QED) is 0.392. The second kappa shape index (κ2) is 7.73. The molecule has 0 aliphatic carbocycles. The molecule has 0 unspecified atom stereocenters. The van der Waals surface area contributed by atoms with Crippen molar-refractivity contribution < 1.29 is 19.1 Å². The van der Waals surface area contributed by atoms with Crippen LogP contribution in [0.25, 0.3) is 0 Å². The average molecular weight is 388 g/mol.